The summed E-state index contributed by atoms with van der Waals surface area (Å²) in [7, 11) is 1.71. The third-order valence-corrected chi connectivity index (χ3v) is 3.20. The van der Waals surface area contributed by atoms with E-state index in [4.69, 9.17) is 4.74 Å². The van der Waals surface area contributed by atoms with Crippen molar-refractivity contribution in [3.05, 3.63) is 42.5 Å². The number of guanidine groups is 1. The van der Waals surface area contributed by atoms with Crippen molar-refractivity contribution >= 4 is 5.96 Å². The SMILES string of the molecule is CCNC(=NCc1ccc(-n2cncn2)cc1)NCCCOC. The molecule has 124 valence electrons. The van der Waals surface area contributed by atoms with Crippen LogP contribution >= 0.6 is 0 Å². The molecule has 0 amide bonds. The molecular formula is C16H24N6O. The minimum absolute atomic E-state index is 0.622. The average molecular weight is 316 g/mol. The molecule has 0 atom stereocenters. The van der Waals surface area contributed by atoms with Gasteiger partial charge < -0.3 is 15.4 Å². The Morgan fingerprint density at radius 2 is 2.09 bits per heavy atom. The van der Waals surface area contributed by atoms with E-state index in [1.54, 1.807) is 18.1 Å². The van der Waals surface area contributed by atoms with Gasteiger partial charge in [-0.2, -0.15) is 5.10 Å². The van der Waals surface area contributed by atoms with Crippen molar-refractivity contribution in [3.63, 3.8) is 0 Å². The number of methoxy groups -OCH3 is 1. The van der Waals surface area contributed by atoms with Gasteiger partial charge in [-0.25, -0.2) is 14.7 Å². The van der Waals surface area contributed by atoms with Gasteiger partial charge in [0, 0.05) is 26.8 Å². The predicted octanol–water partition coefficient (Wildman–Crippen LogP) is 1.36. The molecule has 0 aliphatic carbocycles. The second-order valence-electron chi connectivity index (χ2n) is 4.97. The van der Waals surface area contributed by atoms with Gasteiger partial charge in [-0.15, -0.1) is 0 Å². The fourth-order valence-electron chi connectivity index (χ4n) is 2.03. The Balaban J connectivity index is 1.90. The summed E-state index contributed by atoms with van der Waals surface area (Å²) < 4.78 is 6.77. The van der Waals surface area contributed by atoms with Gasteiger partial charge in [-0.3, -0.25) is 0 Å². The smallest absolute Gasteiger partial charge is 0.191 e. The maximum Gasteiger partial charge on any atom is 0.191 e. The van der Waals surface area contributed by atoms with Crippen molar-refractivity contribution in [2.24, 2.45) is 4.99 Å². The Morgan fingerprint density at radius 1 is 1.26 bits per heavy atom. The van der Waals surface area contributed by atoms with E-state index in [0.717, 1.165) is 43.3 Å². The zero-order chi connectivity index (χ0) is 16.3. The van der Waals surface area contributed by atoms with Crippen LogP contribution in [0.1, 0.15) is 18.9 Å². The molecule has 1 aromatic carbocycles. The number of hydrogen-bond acceptors (Lipinski definition) is 4. The van der Waals surface area contributed by atoms with Crippen LogP contribution in [0.15, 0.2) is 41.9 Å². The number of ether oxygens (including phenoxy) is 1. The monoisotopic (exact) mass is 316 g/mol. The first kappa shape index (κ1) is 17.0. The van der Waals surface area contributed by atoms with Gasteiger partial charge in [0.25, 0.3) is 0 Å². The van der Waals surface area contributed by atoms with Crippen molar-refractivity contribution in [3.8, 4) is 5.69 Å². The molecule has 1 heterocycles. The quantitative estimate of drug-likeness (QED) is 0.437. The van der Waals surface area contributed by atoms with E-state index in [1.165, 1.54) is 6.33 Å². The highest BCUT2D eigenvalue weighted by Gasteiger charge is 1.99. The number of aromatic nitrogens is 3. The number of benzene rings is 1. The Hall–Kier alpha value is -2.41. The molecule has 0 spiro atoms. The molecule has 0 saturated heterocycles. The summed E-state index contributed by atoms with van der Waals surface area (Å²) in [6, 6.07) is 8.13. The van der Waals surface area contributed by atoms with E-state index < -0.39 is 0 Å². The largest absolute Gasteiger partial charge is 0.385 e. The first-order valence-electron chi connectivity index (χ1n) is 7.78. The fraction of sp³-hybridized carbons (Fsp3) is 0.438. The van der Waals surface area contributed by atoms with E-state index in [0.29, 0.717) is 6.54 Å². The minimum atomic E-state index is 0.622. The topological polar surface area (TPSA) is 76.4 Å². The van der Waals surface area contributed by atoms with Gasteiger partial charge in [0.05, 0.1) is 12.2 Å². The second kappa shape index (κ2) is 9.58. The molecule has 0 saturated carbocycles. The summed E-state index contributed by atoms with van der Waals surface area (Å²) in [5.74, 6) is 0.823. The molecule has 0 unspecified atom stereocenters. The lowest BCUT2D eigenvalue weighted by atomic mass is 10.2. The number of nitrogens with zero attached hydrogens (tertiary/aromatic N) is 4. The first-order chi connectivity index (χ1) is 11.3. The highest BCUT2D eigenvalue weighted by atomic mass is 16.5. The van der Waals surface area contributed by atoms with Crippen LogP contribution in [0.5, 0.6) is 0 Å². The van der Waals surface area contributed by atoms with Gasteiger partial charge in [-0.05, 0) is 31.0 Å². The summed E-state index contributed by atoms with van der Waals surface area (Å²) in [6.45, 7) is 5.10. The number of hydrogen-bond donors (Lipinski definition) is 2. The molecule has 1 aromatic heterocycles. The van der Waals surface area contributed by atoms with Crippen LogP contribution in [0.4, 0.5) is 0 Å². The molecule has 0 bridgehead atoms. The molecule has 2 N–H and O–H groups in total. The fourth-order valence-corrected chi connectivity index (χ4v) is 2.03. The molecule has 0 aliphatic heterocycles. The van der Waals surface area contributed by atoms with Crippen molar-refractivity contribution in [1.82, 2.24) is 25.4 Å². The molecule has 0 aliphatic rings. The van der Waals surface area contributed by atoms with Crippen LogP contribution in [0, 0.1) is 0 Å². The predicted molar refractivity (Wildman–Crippen MR) is 90.7 cm³/mol. The van der Waals surface area contributed by atoms with Crippen LogP contribution < -0.4 is 10.6 Å². The van der Waals surface area contributed by atoms with Crippen molar-refractivity contribution in [1.29, 1.82) is 0 Å². The van der Waals surface area contributed by atoms with E-state index in [2.05, 4.69) is 44.8 Å². The van der Waals surface area contributed by atoms with Gasteiger partial charge in [-0.1, -0.05) is 12.1 Å². The highest BCUT2D eigenvalue weighted by molar-refractivity contribution is 5.79. The molecule has 2 rings (SSSR count). The first-order valence-corrected chi connectivity index (χ1v) is 7.78. The van der Waals surface area contributed by atoms with Crippen molar-refractivity contribution in [2.45, 2.75) is 19.9 Å². The van der Waals surface area contributed by atoms with Crippen molar-refractivity contribution in [2.75, 3.05) is 26.8 Å². The van der Waals surface area contributed by atoms with E-state index in [9.17, 15) is 0 Å². The zero-order valence-corrected chi connectivity index (χ0v) is 13.7. The standard InChI is InChI=1S/C16H24N6O/c1-3-18-16(19-9-4-10-23-2)20-11-14-5-7-15(8-6-14)22-13-17-12-21-22/h5-8,12-13H,3-4,9-11H2,1-2H3,(H2,18,19,20). The van der Waals surface area contributed by atoms with Gasteiger partial charge in [0.1, 0.15) is 12.7 Å². The molecule has 0 fully saturated rings. The lowest BCUT2D eigenvalue weighted by molar-refractivity contribution is 0.195. The molecule has 7 nitrogen and oxygen atoms in total. The highest BCUT2D eigenvalue weighted by Crippen LogP contribution is 2.08. The average Bonchev–Trinajstić information content (AvgIpc) is 3.11. The zero-order valence-electron chi connectivity index (χ0n) is 13.7. The number of rotatable bonds is 8. The molecule has 2 aromatic rings. The Kier molecular flexibility index (Phi) is 7.06. The Labute approximate surface area is 136 Å². The van der Waals surface area contributed by atoms with Gasteiger partial charge in [0.15, 0.2) is 5.96 Å². The lowest BCUT2D eigenvalue weighted by Crippen LogP contribution is -2.38. The van der Waals surface area contributed by atoms with Crippen LogP contribution in [0.2, 0.25) is 0 Å². The Bertz CT molecular complexity index is 579. The van der Waals surface area contributed by atoms with Crippen LogP contribution in [-0.2, 0) is 11.3 Å². The van der Waals surface area contributed by atoms with Crippen LogP contribution in [-0.4, -0.2) is 47.5 Å². The van der Waals surface area contributed by atoms with Crippen LogP contribution in [0.3, 0.4) is 0 Å². The number of aliphatic imine (C=N–C) groups is 1. The van der Waals surface area contributed by atoms with Crippen molar-refractivity contribution < 1.29 is 4.74 Å². The van der Waals surface area contributed by atoms with E-state index in [1.807, 2.05) is 12.1 Å². The minimum Gasteiger partial charge on any atom is -0.385 e. The number of nitrogens with one attached hydrogen (secondary N) is 2. The van der Waals surface area contributed by atoms with Gasteiger partial charge >= 0.3 is 0 Å². The molecular weight excluding hydrogens is 292 g/mol. The molecule has 7 heteroatoms. The third kappa shape index (κ3) is 5.71. The molecule has 0 radical (unpaired) electrons. The van der Waals surface area contributed by atoms with Crippen LogP contribution in [0.25, 0.3) is 5.69 Å². The summed E-state index contributed by atoms with van der Waals surface area (Å²) in [6.07, 6.45) is 4.16. The van der Waals surface area contributed by atoms with E-state index >= 15 is 0 Å². The normalized spacial score (nSPS) is 11.5. The molecule has 23 heavy (non-hydrogen) atoms. The van der Waals surface area contributed by atoms with E-state index in [-0.39, 0.29) is 0 Å². The summed E-state index contributed by atoms with van der Waals surface area (Å²) in [5, 5.41) is 10.6. The third-order valence-electron chi connectivity index (χ3n) is 3.20. The maximum absolute atomic E-state index is 5.04. The summed E-state index contributed by atoms with van der Waals surface area (Å²) >= 11 is 0. The lowest BCUT2D eigenvalue weighted by Gasteiger charge is -2.11. The van der Waals surface area contributed by atoms with Gasteiger partial charge in [0.2, 0.25) is 0 Å². The second-order valence-corrected chi connectivity index (χ2v) is 4.97. The Morgan fingerprint density at radius 3 is 2.74 bits per heavy atom. The maximum atomic E-state index is 5.04. The summed E-state index contributed by atoms with van der Waals surface area (Å²) in [5.41, 5.74) is 2.13. The summed E-state index contributed by atoms with van der Waals surface area (Å²) in [4.78, 5) is 8.54.